The summed E-state index contributed by atoms with van der Waals surface area (Å²) in [4.78, 5) is 12.6. The summed E-state index contributed by atoms with van der Waals surface area (Å²) in [5.41, 5.74) is 4.40. The molecule has 0 atom stereocenters. The zero-order valence-corrected chi connectivity index (χ0v) is 14.0. The first-order valence-corrected chi connectivity index (χ1v) is 7.82. The Morgan fingerprint density at radius 1 is 1.12 bits per heavy atom. The van der Waals surface area contributed by atoms with Crippen molar-refractivity contribution in [3.05, 3.63) is 82.9 Å². The van der Waals surface area contributed by atoms with Gasteiger partial charge >= 0.3 is 0 Å². The fraction of sp³-hybridized carbons (Fsp3) is 0.0952. The third-order valence-electron chi connectivity index (χ3n) is 4.05. The van der Waals surface area contributed by atoms with E-state index in [0.29, 0.717) is 16.8 Å². The molecule has 0 aliphatic carbocycles. The van der Waals surface area contributed by atoms with Crippen molar-refractivity contribution in [2.24, 2.45) is 0 Å². The highest BCUT2D eigenvalue weighted by Gasteiger charge is 2.17. The highest BCUT2D eigenvalue weighted by molar-refractivity contribution is 6.05. The summed E-state index contributed by atoms with van der Waals surface area (Å²) in [6.45, 7) is 3.77. The summed E-state index contributed by atoms with van der Waals surface area (Å²) < 4.78 is 15.1. The number of hydrogen-bond acceptors (Lipinski definition) is 1. The largest absolute Gasteiger partial charge is 0.322 e. The molecule has 0 aliphatic rings. The number of hydrogen-bond donors (Lipinski definition) is 1. The minimum atomic E-state index is -0.294. The topological polar surface area (TPSA) is 34.0 Å². The van der Waals surface area contributed by atoms with Gasteiger partial charge in [0.15, 0.2) is 0 Å². The standard InChI is InChI=1S/C21H17FN2O/c1-4-16-6-5-7-18(13-16)23-21(25)20-12-14(2)24(15(20)3)19-10-8-17(22)9-11-19/h1,5-13H,2-3H3,(H,23,25). The van der Waals surface area contributed by atoms with E-state index in [2.05, 4.69) is 11.2 Å². The van der Waals surface area contributed by atoms with Gasteiger partial charge in [-0.25, -0.2) is 4.39 Å². The zero-order valence-electron chi connectivity index (χ0n) is 14.0. The van der Waals surface area contributed by atoms with Gasteiger partial charge in [-0.15, -0.1) is 6.42 Å². The van der Waals surface area contributed by atoms with Gasteiger partial charge < -0.3 is 9.88 Å². The van der Waals surface area contributed by atoms with Crippen molar-refractivity contribution >= 4 is 11.6 Å². The predicted octanol–water partition coefficient (Wildman–Crippen LogP) is 4.47. The molecule has 1 aromatic heterocycles. The van der Waals surface area contributed by atoms with Crippen LogP contribution in [0.1, 0.15) is 27.3 Å². The van der Waals surface area contributed by atoms with E-state index in [1.165, 1.54) is 12.1 Å². The average Bonchev–Trinajstić information content (AvgIpc) is 2.90. The third-order valence-corrected chi connectivity index (χ3v) is 4.05. The van der Waals surface area contributed by atoms with Crippen molar-refractivity contribution in [1.29, 1.82) is 0 Å². The van der Waals surface area contributed by atoms with Crippen LogP contribution in [0.25, 0.3) is 5.69 Å². The van der Waals surface area contributed by atoms with Gasteiger partial charge in [0, 0.05) is 28.3 Å². The molecule has 0 unspecified atom stereocenters. The number of terminal acetylenes is 1. The first-order valence-electron chi connectivity index (χ1n) is 7.82. The van der Waals surface area contributed by atoms with E-state index < -0.39 is 0 Å². The molecule has 25 heavy (non-hydrogen) atoms. The normalized spacial score (nSPS) is 10.3. The second kappa shape index (κ2) is 6.66. The predicted molar refractivity (Wildman–Crippen MR) is 97.5 cm³/mol. The van der Waals surface area contributed by atoms with Gasteiger partial charge in [-0.2, -0.15) is 0 Å². The van der Waals surface area contributed by atoms with E-state index in [1.54, 1.807) is 36.4 Å². The van der Waals surface area contributed by atoms with E-state index in [4.69, 9.17) is 6.42 Å². The van der Waals surface area contributed by atoms with E-state index in [9.17, 15) is 9.18 Å². The van der Waals surface area contributed by atoms with Crippen LogP contribution in [-0.4, -0.2) is 10.5 Å². The Balaban J connectivity index is 1.93. The van der Waals surface area contributed by atoms with Crippen LogP contribution in [0.3, 0.4) is 0 Å². The molecule has 1 heterocycles. The number of aromatic nitrogens is 1. The van der Waals surface area contributed by atoms with Crippen molar-refractivity contribution in [3.8, 4) is 18.0 Å². The highest BCUT2D eigenvalue weighted by atomic mass is 19.1. The van der Waals surface area contributed by atoms with Crippen molar-refractivity contribution in [2.45, 2.75) is 13.8 Å². The smallest absolute Gasteiger partial charge is 0.257 e. The summed E-state index contributed by atoms with van der Waals surface area (Å²) in [6, 6.07) is 15.1. The number of carbonyl (C=O) groups excluding carboxylic acids is 1. The quantitative estimate of drug-likeness (QED) is 0.706. The van der Waals surface area contributed by atoms with Crippen LogP contribution in [0.15, 0.2) is 54.6 Å². The van der Waals surface area contributed by atoms with E-state index in [-0.39, 0.29) is 11.7 Å². The molecule has 124 valence electrons. The molecular weight excluding hydrogens is 315 g/mol. The number of nitrogens with zero attached hydrogens (tertiary/aromatic N) is 1. The Kier molecular flexibility index (Phi) is 4.40. The number of aryl methyl sites for hydroxylation is 1. The number of amides is 1. The minimum Gasteiger partial charge on any atom is -0.322 e. The lowest BCUT2D eigenvalue weighted by Gasteiger charge is -2.10. The van der Waals surface area contributed by atoms with E-state index >= 15 is 0 Å². The SMILES string of the molecule is C#Cc1cccc(NC(=O)c2cc(C)n(-c3ccc(F)cc3)c2C)c1. The number of nitrogens with one attached hydrogen (secondary N) is 1. The van der Waals surface area contributed by atoms with Crippen LogP contribution < -0.4 is 5.32 Å². The van der Waals surface area contributed by atoms with E-state index in [0.717, 1.165) is 17.1 Å². The molecule has 0 aliphatic heterocycles. The Hall–Kier alpha value is -3.32. The second-order valence-electron chi connectivity index (χ2n) is 5.78. The molecule has 0 saturated carbocycles. The number of anilines is 1. The van der Waals surface area contributed by atoms with E-state index in [1.807, 2.05) is 24.5 Å². The van der Waals surface area contributed by atoms with Crippen molar-refractivity contribution in [3.63, 3.8) is 0 Å². The molecule has 3 nitrogen and oxygen atoms in total. The summed E-state index contributed by atoms with van der Waals surface area (Å²) in [7, 11) is 0. The van der Waals surface area contributed by atoms with Gasteiger partial charge in [-0.3, -0.25) is 4.79 Å². The number of benzene rings is 2. The molecule has 1 N–H and O–H groups in total. The molecule has 3 rings (SSSR count). The highest BCUT2D eigenvalue weighted by Crippen LogP contribution is 2.22. The van der Waals surface area contributed by atoms with Crippen molar-refractivity contribution in [1.82, 2.24) is 4.57 Å². The van der Waals surface area contributed by atoms with Crippen LogP contribution in [0.5, 0.6) is 0 Å². The summed E-state index contributed by atoms with van der Waals surface area (Å²) in [6.07, 6.45) is 5.39. The van der Waals surface area contributed by atoms with Crippen molar-refractivity contribution < 1.29 is 9.18 Å². The number of rotatable bonds is 3. The molecule has 0 fully saturated rings. The third kappa shape index (κ3) is 3.31. The molecule has 1 amide bonds. The molecule has 0 spiro atoms. The maximum Gasteiger partial charge on any atom is 0.257 e. The molecule has 4 heteroatoms. The summed E-state index contributed by atoms with van der Waals surface area (Å²) >= 11 is 0. The van der Waals surface area contributed by atoms with Crippen LogP contribution in [0, 0.1) is 32.0 Å². The summed E-state index contributed by atoms with van der Waals surface area (Å²) in [5.74, 6) is 2.04. The van der Waals surface area contributed by atoms with Gasteiger partial charge in [-0.1, -0.05) is 12.0 Å². The molecular formula is C21H17FN2O. The lowest BCUT2D eigenvalue weighted by atomic mass is 10.2. The monoisotopic (exact) mass is 332 g/mol. The van der Waals surface area contributed by atoms with Gasteiger partial charge in [0.25, 0.3) is 5.91 Å². The van der Waals surface area contributed by atoms with Crippen LogP contribution in [0.4, 0.5) is 10.1 Å². The van der Waals surface area contributed by atoms with Gasteiger partial charge in [0.2, 0.25) is 0 Å². The maximum absolute atomic E-state index is 13.2. The van der Waals surface area contributed by atoms with Gasteiger partial charge in [0.05, 0.1) is 5.56 Å². The van der Waals surface area contributed by atoms with Gasteiger partial charge in [-0.05, 0) is 62.4 Å². The summed E-state index contributed by atoms with van der Waals surface area (Å²) in [5, 5.41) is 2.87. The number of carbonyl (C=O) groups is 1. The zero-order chi connectivity index (χ0) is 18.0. The lowest BCUT2D eigenvalue weighted by Crippen LogP contribution is -2.13. The Labute approximate surface area is 146 Å². The van der Waals surface area contributed by atoms with Crippen LogP contribution in [-0.2, 0) is 0 Å². The Morgan fingerprint density at radius 2 is 1.84 bits per heavy atom. The second-order valence-corrected chi connectivity index (χ2v) is 5.78. The van der Waals surface area contributed by atoms with Crippen molar-refractivity contribution in [2.75, 3.05) is 5.32 Å². The first-order chi connectivity index (χ1) is 12.0. The lowest BCUT2D eigenvalue weighted by molar-refractivity contribution is 0.102. The minimum absolute atomic E-state index is 0.212. The average molecular weight is 332 g/mol. The fourth-order valence-corrected chi connectivity index (χ4v) is 2.87. The Bertz CT molecular complexity index is 978. The molecule has 0 saturated heterocycles. The fourth-order valence-electron chi connectivity index (χ4n) is 2.87. The van der Waals surface area contributed by atoms with Crippen LogP contribution in [0.2, 0.25) is 0 Å². The Morgan fingerprint density at radius 3 is 2.52 bits per heavy atom. The first kappa shape index (κ1) is 16.5. The molecule has 0 bridgehead atoms. The maximum atomic E-state index is 13.2. The molecule has 3 aromatic rings. The van der Waals surface area contributed by atoms with Gasteiger partial charge in [0.1, 0.15) is 5.82 Å². The number of halogens is 1. The molecule has 0 radical (unpaired) electrons. The van der Waals surface area contributed by atoms with Crippen LogP contribution >= 0.6 is 0 Å². The molecule has 2 aromatic carbocycles.